The Morgan fingerprint density at radius 1 is 0.957 bits per heavy atom. The van der Waals surface area contributed by atoms with E-state index in [0.29, 0.717) is 18.5 Å². The Balaban J connectivity index is 1.65. The third-order valence-electron chi connectivity index (χ3n) is 5.33. The summed E-state index contributed by atoms with van der Waals surface area (Å²) in [6, 6.07) is 0.779. The Morgan fingerprint density at radius 2 is 1.57 bits per heavy atom. The second kappa shape index (κ2) is 9.26. The highest BCUT2D eigenvalue weighted by Crippen LogP contribution is 2.18. The molecule has 0 spiro atoms. The van der Waals surface area contributed by atoms with E-state index in [2.05, 4.69) is 29.4 Å². The number of carbonyl (C=O) groups excluding carboxylic acids is 2. The number of likely N-dealkylation sites (tertiary alicyclic amines) is 1. The van der Waals surface area contributed by atoms with Gasteiger partial charge in [-0.25, -0.2) is 0 Å². The summed E-state index contributed by atoms with van der Waals surface area (Å²) in [5.41, 5.74) is 0. The summed E-state index contributed by atoms with van der Waals surface area (Å²) in [5, 5.41) is 5.74. The summed E-state index contributed by atoms with van der Waals surface area (Å²) in [5.74, 6) is -0.406. The predicted octanol–water partition coefficient (Wildman–Crippen LogP) is 2.06. The normalized spacial score (nSPS) is 21.9. The SMILES string of the molecule is CC(C)N1CCC(CNC(=O)C(=O)NC2CCCCCC2)CC1. The van der Waals surface area contributed by atoms with Gasteiger partial charge in [0.15, 0.2) is 0 Å². The van der Waals surface area contributed by atoms with Gasteiger partial charge in [-0.1, -0.05) is 25.7 Å². The summed E-state index contributed by atoms with van der Waals surface area (Å²) >= 11 is 0. The van der Waals surface area contributed by atoms with Gasteiger partial charge in [0.1, 0.15) is 0 Å². The maximum atomic E-state index is 12.0. The van der Waals surface area contributed by atoms with Crippen LogP contribution in [0.1, 0.15) is 65.2 Å². The van der Waals surface area contributed by atoms with Crippen LogP contribution in [-0.2, 0) is 9.59 Å². The quantitative estimate of drug-likeness (QED) is 0.615. The van der Waals surface area contributed by atoms with Crippen LogP contribution in [-0.4, -0.2) is 48.4 Å². The molecule has 0 aromatic heterocycles. The van der Waals surface area contributed by atoms with Crippen molar-refractivity contribution in [1.82, 2.24) is 15.5 Å². The van der Waals surface area contributed by atoms with E-state index in [4.69, 9.17) is 0 Å². The van der Waals surface area contributed by atoms with Crippen molar-refractivity contribution in [2.24, 2.45) is 5.92 Å². The van der Waals surface area contributed by atoms with E-state index < -0.39 is 11.8 Å². The lowest BCUT2D eigenvalue weighted by Gasteiger charge is -2.34. The molecule has 2 rings (SSSR count). The standard InChI is InChI=1S/C18H33N3O2/c1-14(2)21-11-9-15(10-12-21)13-19-17(22)18(23)20-16-7-5-3-4-6-8-16/h14-16H,3-13H2,1-2H3,(H,19,22)(H,20,23). The predicted molar refractivity (Wildman–Crippen MR) is 92.1 cm³/mol. The van der Waals surface area contributed by atoms with Crippen LogP contribution >= 0.6 is 0 Å². The van der Waals surface area contributed by atoms with Gasteiger partial charge in [0.05, 0.1) is 0 Å². The van der Waals surface area contributed by atoms with E-state index in [-0.39, 0.29) is 6.04 Å². The minimum absolute atomic E-state index is 0.185. The lowest BCUT2D eigenvalue weighted by molar-refractivity contribution is -0.139. The fraction of sp³-hybridized carbons (Fsp3) is 0.889. The molecule has 0 bridgehead atoms. The van der Waals surface area contributed by atoms with Crippen LogP contribution in [0.3, 0.4) is 0 Å². The summed E-state index contributed by atoms with van der Waals surface area (Å²) in [4.78, 5) is 26.5. The molecule has 0 aromatic rings. The van der Waals surface area contributed by atoms with Crippen molar-refractivity contribution in [3.63, 3.8) is 0 Å². The minimum atomic E-state index is -0.458. The van der Waals surface area contributed by atoms with E-state index in [1.54, 1.807) is 0 Å². The minimum Gasteiger partial charge on any atom is -0.348 e. The largest absolute Gasteiger partial charge is 0.348 e. The lowest BCUT2D eigenvalue weighted by Crippen LogP contribution is -2.47. The van der Waals surface area contributed by atoms with E-state index in [9.17, 15) is 9.59 Å². The summed E-state index contributed by atoms with van der Waals surface area (Å²) in [6.07, 6.45) is 9.01. The van der Waals surface area contributed by atoms with Crippen LogP contribution in [0, 0.1) is 5.92 Å². The van der Waals surface area contributed by atoms with E-state index in [1.165, 1.54) is 12.8 Å². The van der Waals surface area contributed by atoms with Crippen molar-refractivity contribution in [3.05, 3.63) is 0 Å². The smallest absolute Gasteiger partial charge is 0.309 e. The van der Waals surface area contributed by atoms with Gasteiger partial charge in [-0.05, 0) is 58.5 Å². The molecule has 0 unspecified atom stereocenters. The van der Waals surface area contributed by atoms with E-state index >= 15 is 0 Å². The molecular weight excluding hydrogens is 290 g/mol. The van der Waals surface area contributed by atoms with Gasteiger partial charge in [-0.15, -0.1) is 0 Å². The van der Waals surface area contributed by atoms with Crippen LogP contribution < -0.4 is 10.6 Å². The Kier molecular flexibility index (Phi) is 7.34. The van der Waals surface area contributed by atoms with Gasteiger partial charge in [-0.3, -0.25) is 9.59 Å². The first-order valence-corrected chi connectivity index (χ1v) is 9.39. The van der Waals surface area contributed by atoms with Crippen LogP contribution in [0.25, 0.3) is 0 Å². The molecule has 1 heterocycles. The first kappa shape index (κ1) is 18.2. The molecule has 0 aromatic carbocycles. The number of carbonyl (C=O) groups is 2. The van der Waals surface area contributed by atoms with Crippen molar-refractivity contribution in [2.75, 3.05) is 19.6 Å². The molecule has 1 aliphatic heterocycles. The molecule has 5 nitrogen and oxygen atoms in total. The molecule has 132 valence electrons. The number of piperidine rings is 1. The first-order valence-electron chi connectivity index (χ1n) is 9.39. The highest BCUT2D eigenvalue weighted by atomic mass is 16.2. The maximum Gasteiger partial charge on any atom is 0.309 e. The fourth-order valence-corrected chi connectivity index (χ4v) is 3.67. The van der Waals surface area contributed by atoms with E-state index in [0.717, 1.165) is 51.6 Å². The fourth-order valence-electron chi connectivity index (χ4n) is 3.67. The van der Waals surface area contributed by atoms with Crippen molar-refractivity contribution in [1.29, 1.82) is 0 Å². The number of nitrogens with one attached hydrogen (secondary N) is 2. The first-order chi connectivity index (χ1) is 11.1. The molecule has 2 aliphatic rings. The number of rotatable bonds is 4. The molecule has 1 saturated carbocycles. The summed E-state index contributed by atoms with van der Waals surface area (Å²) in [7, 11) is 0. The van der Waals surface area contributed by atoms with Gasteiger partial charge in [-0.2, -0.15) is 0 Å². The van der Waals surface area contributed by atoms with Gasteiger partial charge in [0.25, 0.3) is 0 Å². The highest BCUT2D eigenvalue weighted by molar-refractivity contribution is 6.35. The molecule has 5 heteroatoms. The zero-order valence-electron chi connectivity index (χ0n) is 14.8. The van der Waals surface area contributed by atoms with Crippen LogP contribution in [0.15, 0.2) is 0 Å². The zero-order chi connectivity index (χ0) is 16.7. The molecular formula is C18H33N3O2. The second-order valence-electron chi connectivity index (χ2n) is 7.45. The van der Waals surface area contributed by atoms with Crippen molar-refractivity contribution >= 4 is 11.8 Å². The molecule has 2 N–H and O–H groups in total. The molecule has 0 atom stereocenters. The lowest BCUT2D eigenvalue weighted by atomic mass is 9.96. The third kappa shape index (κ3) is 6.13. The Hall–Kier alpha value is -1.10. The summed E-state index contributed by atoms with van der Waals surface area (Å²) < 4.78 is 0. The molecule has 1 aliphatic carbocycles. The van der Waals surface area contributed by atoms with Crippen molar-refractivity contribution in [2.45, 2.75) is 77.3 Å². The van der Waals surface area contributed by atoms with Gasteiger partial charge in [0.2, 0.25) is 0 Å². The number of nitrogens with zero attached hydrogens (tertiary/aromatic N) is 1. The monoisotopic (exact) mass is 323 g/mol. The average molecular weight is 323 g/mol. The van der Waals surface area contributed by atoms with Crippen LogP contribution in [0.5, 0.6) is 0 Å². The third-order valence-corrected chi connectivity index (χ3v) is 5.33. The molecule has 23 heavy (non-hydrogen) atoms. The molecule has 2 amide bonds. The average Bonchev–Trinajstić information content (AvgIpc) is 2.81. The van der Waals surface area contributed by atoms with Crippen molar-refractivity contribution < 1.29 is 9.59 Å². The molecule has 0 radical (unpaired) electrons. The number of hydrogen-bond acceptors (Lipinski definition) is 3. The number of amides is 2. The topological polar surface area (TPSA) is 61.4 Å². The second-order valence-corrected chi connectivity index (χ2v) is 7.45. The van der Waals surface area contributed by atoms with Gasteiger partial charge in [0, 0.05) is 18.6 Å². The van der Waals surface area contributed by atoms with Crippen LogP contribution in [0.2, 0.25) is 0 Å². The van der Waals surface area contributed by atoms with Gasteiger partial charge >= 0.3 is 11.8 Å². The van der Waals surface area contributed by atoms with Crippen molar-refractivity contribution in [3.8, 4) is 0 Å². The Labute approximate surface area is 140 Å². The molecule has 1 saturated heterocycles. The number of hydrogen-bond donors (Lipinski definition) is 2. The zero-order valence-corrected chi connectivity index (χ0v) is 14.8. The van der Waals surface area contributed by atoms with Gasteiger partial charge < -0.3 is 15.5 Å². The molecule has 2 fully saturated rings. The Morgan fingerprint density at radius 3 is 2.13 bits per heavy atom. The van der Waals surface area contributed by atoms with Crippen LogP contribution in [0.4, 0.5) is 0 Å². The Bertz CT molecular complexity index is 382. The highest BCUT2D eigenvalue weighted by Gasteiger charge is 2.23. The summed E-state index contributed by atoms with van der Waals surface area (Å²) in [6.45, 7) is 7.25. The van der Waals surface area contributed by atoms with E-state index in [1.807, 2.05) is 0 Å². The maximum absolute atomic E-state index is 12.0.